The van der Waals surface area contributed by atoms with Crippen LogP contribution in [0.25, 0.3) is 0 Å². The van der Waals surface area contributed by atoms with Gasteiger partial charge in [-0.1, -0.05) is 76.9 Å². The molecule has 1 N–H and O–H groups in total. The maximum Gasteiger partial charge on any atom is 0.268 e. The molecule has 0 aromatic carbocycles. The average Bonchev–Trinajstić information content (AvgIpc) is 2.81. The zero-order valence-corrected chi connectivity index (χ0v) is 26.1. The number of phosphoric acid groups is 1. The Morgan fingerprint density at radius 1 is 0.895 bits per heavy atom. The molecule has 0 amide bonds. The second kappa shape index (κ2) is 24.2. The Morgan fingerprint density at radius 2 is 1.45 bits per heavy atom. The lowest BCUT2D eigenvalue weighted by Crippen LogP contribution is -2.38. The molecule has 0 aliphatic rings. The van der Waals surface area contributed by atoms with Crippen LogP contribution < -0.4 is 10.2 Å². The molecule has 0 aliphatic heterocycles. The van der Waals surface area contributed by atoms with E-state index in [2.05, 4.69) is 24.4 Å². The number of nitrogens with one attached hydrogen (secondary N) is 1. The molecule has 0 rings (SSSR count). The number of hydrogen-bond acceptors (Lipinski definition) is 7. The lowest BCUT2D eigenvalue weighted by molar-refractivity contribution is -0.870. The molecule has 9 heteroatoms. The van der Waals surface area contributed by atoms with Gasteiger partial charge in [-0.25, -0.2) is 0 Å². The molecule has 2 unspecified atom stereocenters. The number of carbonyl (C=O) groups excluding carboxylic acids is 1. The summed E-state index contributed by atoms with van der Waals surface area (Å²) in [6.07, 6.45) is 21.5. The van der Waals surface area contributed by atoms with E-state index >= 15 is 0 Å². The minimum Gasteiger partial charge on any atom is -0.756 e. The Balaban J connectivity index is 3.92. The van der Waals surface area contributed by atoms with Crippen molar-refractivity contribution in [2.75, 3.05) is 60.6 Å². The highest BCUT2D eigenvalue weighted by atomic mass is 31.2. The van der Waals surface area contributed by atoms with E-state index in [1.54, 1.807) is 0 Å². The number of unbranched alkanes of at least 4 members (excludes halogenated alkanes) is 12. The summed E-state index contributed by atoms with van der Waals surface area (Å²) in [7, 11) is 1.41. The number of rotatable bonds is 28. The van der Waals surface area contributed by atoms with E-state index in [9.17, 15) is 14.3 Å². The number of ketones is 1. The Morgan fingerprint density at radius 3 is 2.00 bits per heavy atom. The van der Waals surface area contributed by atoms with E-state index in [4.69, 9.17) is 13.8 Å². The molecule has 38 heavy (non-hydrogen) atoms. The van der Waals surface area contributed by atoms with Gasteiger partial charge in [0, 0.05) is 13.2 Å². The van der Waals surface area contributed by atoms with Gasteiger partial charge in [-0.3, -0.25) is 9.36 Å². The van der Waals surface area contributed by atoms with Gasteiger partial charge in [0.25, 0.3) is 7.82 Å². The summed E-state index contributed by atoms with van der Waals surface area (Å²) >= 11 is 0. The van der Waals surface area contributed by atoms with Gasteiger partial charge in [-0.15, -0.1) is 0 Å². The fourth-order valence-corrected chi connectivity index (χ4v) is 4.71. The summed E-state index contributed by atoms with van der Waals surface area (Å²) in [5, 5.41) is 2.92. The maximum atomic E-state index is 12.2. The normalized spacial score (nSPS) is 14.7. The highest BCUT2D eigenvalue weighted by Crippen LogP contribution is 2.39. The van der Waals surface area contributed by atoms with Crippen molar-refractivity contribution in [2.24, 2.45) is 0 Å². The molecule has 0 radical (unpaired) electrons. The van der Waals surface area contributed by atoms with Crippen molar-refractivity contribution in [1.82, 2.24) is 5.32 Å². The predicted molar refractivity (Wildman–Crippen MR) is 155 cm³/mol. The molecule has 0 heterocycles. The zero-order valence-electron chi connectivity index (χ0n) is 25.2. The Kier molecular flexibility index (Phi) is 23.8. The Labute approximate surface area is 234 Å². The first-order valence-corrected chi connectivity index (χ1v) is 16.4. The van der Waals surface area contributed by atoms with Crippen molar-refractivity contribution in [2.45, 2.75) is 110 Å². The van der Waals surface area contributed by atoms with Gasteiger partial charge in [0.2, 0.25) is 0 Å². The van der Waals surface area contributed by atoms with Crippen LogP contribution in [0.3, 0.4) is 0 Å². The van der Waals surface area contributed by atoms with Crippen LogP contribution in [0, 0.1) is 0 Å². The topological polar surface area (TPSA) is 96.9 Å². The summed E-state index contributed by atoms with van der Waals surface area (Å²) in [6, 6.07) is 0. The minimum absolute atomic E-state index is 0.0293. The maximum absolute atomic E-state index is 12.2. The van der Waals surface area contributed by atoms with E-state index in [1.165, 1.54) is 84.0 Å². The van der Waals surface area contributed by atoms with Crippen LogP contribution >= 0.6 is 7.82 Å². The summed E-state index contributed by atoms with van der Waals surface area (Å²) in [4.78, 5) is 23.4. The lowest BCUT2D eigenvalue weighted by atomic mass is 10.1. The van der Waals surface area contributed by atoms with Gasteiger partial charge in [-0.05, 0) is 39.0 Å². The van der Waals surface area contributed by atoms with Gasteiger partial charge in [-0.2, -0.15) is 0 Å². The monoisotopic (exact) mass is 562 g/mol. The van der Waals surface area contributed by atoms with Gasteiger partial charge in [0.15, 0.2) is 0 Å². The molecule has 0 aromatic rings. The molecule has 0 aliphatic carbocycles. The molecule has 8 nitrogen and oxygen atoms in total. The smallest absolute Gasteiger partial charge is 0.268 e. The number of quaternary nitrogens is 1. The fraction of sp³-hybridized carbons (Fsp3) is 0.897. The predicted octanol–water partition coefficient (Wildman–Crippen LogP) is 5.80. The third-order valence-electron chi connectivity index (χ3n) is 6.14. The van der Waals surface area contributed by atoms with Crippen molar-refractivity contribution < 1.29 is 32.5 Å². The summed E-state index contributed by atoms with van der Waals surface area (Å²) in [5.41, 5.74) is 0. The van der Waals surface area contributed by atoms with Crippen LogP contribution in [-0.2, 0) is 23.1 Å². The second-order valence-electron chi connectivity index (χ2n) is 11.4. The fourth-order valence-electron chi connectivity index (χ4n) is 3.84. The van der Waals surface area contributed by atoms with Crippen molar-refractivity contribution in [3.05, 3.63) is 12.2 Å². The first-order chi connectivity index (χ1) is 18.1. The van der Waals surface area contributed by atoms with Crippen LogP contribution in [-0.4, -0.2) is 77.0 Å². The highest BCUT2D eigenvalue weighted by molar-refractivity contribution is 7.45. The van der Waals surface area contributed by atoms with E-state index in [-0.39, 0.29) is 32.1 Å². The highest BCUT2D eigenvalue weighted by Gasteiger charge is 2.20. The molecule has 0 aromatic heterocycles. The molecular formula is C29H59N2O6P. The number of nitrogens with zero attached hydrogens (tertiary/aromatic N) is 1. The Hall–Kier alpha value is -0.600. The first kappa shape index (κ1) is 37.4. The molecule has 0 saturated heterocycles. The average molecular weight is 563 g/mol. The molecular weight excluding hydrogens is 503 g/mol. The van der Waals surface area contributed by atoms with E-state index in [0.29, 0.717) is 17.6 Å². The van der Waals surface area contributed by atoms with Crippen LogP contribution in [0.1, 0.15) is 104 Å². The molecule has 2 atom stereocenters. The molecule has 0 bridgehead atoms. The standard InChI is InChI=1S/C29H59N2O6P/c1-6-7-8-9-10-11-12-13-14-15-16-17-18-19-20-21-23-35-27-29(26-30-25-28(2)32)37-38(33,34)36-24-22-31(3,4)5/h13-14,29-30H,6-12,15-27H2,1-5H3/b14-13-. The first-order valence-electron chi connectivity index (χ1n) is 14.9. The van der Waals surface area contributed by atoms with Crippen LogP contribution in [0.5, 0.6) is 0 Å². The van der Waals surface area contributed by atoms with Crippen molar-refractivity contribution in [3.63, 3.8) is 0 Å². The largest absolute Gasteiger partial charge is 0.756 e. The van der Waals surface area contributed by atoms with E-state index < -0.39 is 13.9 Å². The summed E-state index contributed by atoms with van der Waals surface area (Å²) < 4.78 is 28.8. The van der Waals surface area contributed by atoms with E-state index in [0.717, 1.165) is 12.8 Å². The van der Waals surface area contributed by atoms with Gasteiger partial charge in [0.1, 0.15) is 25.0 Å². The number of ether oxygens (including phenoxy) is 1. The number of likely N-dealkylation sites (N-methyl/N-ethyl adjacent to an activating group) is 1. The number of carbonyl (C=O) groups is 1. The third kappa shape index (κ3) is 28.4. The van der Waals surface area contributed by atoms with Crippen LogP contribution in [0.4, 0.5) is 0 Å². The minimum atomic E-state index is -4.46. The molecule has 0 saturated carbocycles. The number of hydrogen-bond donors (Lipinski definition) is 1. The number of phosphoric ester groups is 1. The summed E-state index contributed by atoms with van der Waals surface area (Å²) in [6.45, 7) is 5.34. The van der Waals surface area contributed by atoms with Gasteiger partial charge >= 0.3 is 0 Å². The molecule has 0 fully saturated rings. The van der Waals surface area contributed by atoms with Gasteiger partial charge < -0.3 is 28.5 Å². The van der Waals surface area contributed by atoms with Crippen molar-refractivity contribution >= 4 is 13.6 Å². The SMILES string of the molecule is CCCCCCCC/C=C\CCCCCCCCOCC(CNCC(C)=O)OP(=O)([O-])OCC[N+](C)(C)C. The van der Waals surface area contributed by atoms with Gasteiger partial charge in [0.05, 0.1) is 34.3 Å². The quantitative estimate of drug-likeness (QED) is 0.0557. The number of allylic oxidation sites excluding steroid dienone is 2. The van der Waals surface area contributed by atoms with Crippen molar-refractivity contribution in [1.29, 1.82) is 0 Å². The van der Waals surface area contributed by atoms with Crippen LogP contribution in [0.15, 0.2) is 12.2 Å². The molecule has 226 valence electrons. The molecule has 0 spiro atoms. The zero-order chi connectivity index (χ0) is 28.5. The third-order valence-corrected chi connectivity index (χ3v) is 7.19. The summed E-state index contributed by atoms with van der Waals surface area (Å²) in [5.74, 6) is -0.0293. The second-order valence-corrected chi connectivity index (χ2v) is 12.7. The Bertz CT molecular complexity index is 639. The number of Topliss-reactive ketones (excluding diaryl/α,β-unsaturated/α-hetero) is 1. The van der Waals surface area contributed by atoms with Crippen molar-refractivity contribution in [3.8, 4) is 0 Å². The van der Waals surface area contributed by atoms with Crippen LogP contribution in [0.2, 0.25) is 0 Å². The van der Waals surface area contributed by atoms with E-state index in [1.807, 2.05) is 21.1 Å². The lowest BCUT2D eigenvalue weighted by Gasteiger charge is -2.30.